The fraction of sp³-hybridized carbons (Fsp3) is 0.500. The summed E-state index contributed by atoms with van der Waals surface area (Å²) in [6.07, 6.45) is 1.77. The highest BCUT2D eigenvalue weighted by atomic mass is 16.4. The Morgan fingerprint density at radius 1 is 1.30 bits per heavy atom. The number of hydrogen-bond donors (Lipinski definition) is 2. The molecule has 0 unspecified atom stereocenters. The summed E-state index contributed by atoms with van der Waals surface area (Å²) in [4.78, 5) is 28.1. The van der Waals surface area contributed by atoms with Crippen molar-refractivity contribution in [2.24, 2.45) is 5.92 Å². The zero-order valence-corrected chi connectivity index (χ0v) is 13.5. The van der Waals surface area contributed by atoms with E-state index < -0.39 is 5.97 Å². The second-order valence-corrected chi connectivity index (χ2v) is 6.25. The summed E-state index contributed by atoms with van der Waals surface area (Å²) >= 11 is 0. The third kappa shape index (κ3) is 2.78. The maximum Gasteiger partial charge on any atom is 0.306 e. The van der Waals surface area contributed by atoms with E-state index in [1.54, 1.807) is 11.4 Å². The fourth-order valence-corrected chi connectivity index (χ4v) is 3.29. The van der Waals surface area contributed by atoms with E-state index in [0.29, 0.717) is 36.2 Å². The molecule has 122 valence electrons. The van der Waals surface area contributed by atoms with E-state index >= 15 is 0 Å². The highest BCUT2D eigenvalue weighted by Crippen LogP contribution is 2.26. The van der Waals surface area contributed by atoms with Crippen LogP contribution in [0, 0.1) is 26.7 Å². The molecule has 1 saturated carbocycles. The molecule has 2 atom stereocenters. The number of fused-ring (bicyclic) bond motifs is 1. The van der Waals surface area contributed by atoms with Gasteiger partial charge < -0.3 is 10.4 Å². The topological polar surface area (TPSA) is 96.6 Å². The molecule has 0 spiro atoms. The molecule has 0 saturated heterocycles. The van der Waals surface area contributed by atoms with Crippen LogP contribution in [-0.2, 0) is 4.79 Å². The number of aryl methyl sites for hydroxylation is 3. The van der Waals surface area contributed by atoms with Gasteiger partial charge in [-0.15, -0.1) is 0 Å². The molecule has 0 bridgehead atoms. The fourth-order valence-electron chi connectivity index (χ4n) is 3.29. The van der Waals surface area contributed by atoms with E-state index in [2.05, 4.69) is 15.4 Å². The number of nitrogens with one attached hydrogen (secondary N) is 1. The third-order valence-corrected chi connectivity index (χ3v) is 4.41. The number of amides is 1. The van der Waals surface area contributed by atoms with Crippen LogP contribution in [0.5, 0.6) is 0 Å². The SMILES string of the molecule is Cc1cc(C)n2nc(C)c(C(=O)N[C@H]3CC[C@@H](C(=O)O)C3)c2n1. The number of carbonyl (C=O) groups is 2. The van der Waals surface area contributed by atoms with E-state index in [9.17, 15) is 9.59 Å². The van der Waals surface area contributed by atoms with E-state index in [1.807, 2.05) is 19.9 Å². The molecule has 2 heterocycles. The van der Waals surface area contributed by atoms with Crippen molar-refractivity contribution in [2.75, 3.05) is 0 Å². The number of carbonyl (C=O) groups excluding carboxylic acids is 1. The zero-order chi connectivity index (χ0) is 16.7. The first-order valence-electron chi connectivity index (χ1n) is 7.74. The van der Waals surface area contributed by atoms with Gasteiger partial charge in [-0.3, -0.25) is 9.59 Å². The summed E-state index contributed by atoms with van der Waals surface area (Å²) in [5, 5.41) is 16.4. The van der Waals surface area contributed by atoms with E-state index in [4.69, 9.17) is 5.11 Å². The molecule has 1 aliphatic carbocycles. The van der Waals surface area contributed by atoms with Gasteiger partial charge in [0.2, 0.25) is 0 Å². The predicted molar refractivity (Wildman–Crippen MR) is 83.4 cm³/mol. The summed E-state index contributed by atoms with van der Waals surface area (Å²) in [7, 11) is 0. The van der Waals surface area contributed by atoms with Crippen LogP contribution in [0.1, 0.15) is 46.7 Å². The van der Waals surface area contributed by atoms with Crippen LogP contribution in [0.25, 0.3) is 5.65 Å². The molecule has 2 N–H and O–H groups in total. The molecule has 3 rings (SSSR count). The second kappa shape index (κ2) is 5.64. The minimum Gasteiger partial charge on any atom is -0.481 e. The van der Waals surface area contributed by atoms with E-state index in [-0.39, 0.29) is 17.9 Å². The number of carboxylic acids is 1. The van der Waals surface area contributed by atoms with Crippen molar-refractivity contribution in [1.29, 1.82) is 0 Å². The molecule has 1 aliphatic rings. The Morgan fingerprint density at radius 3 is 2.70 bits per heavy atom. The van der Waals surface area contributed by atoms with Gasteiger partial charge in [0.1, 0.15) is 5.56 Å². The molecule has 2 aromatic heterocycles. The maximum atomic E-state index is 12.6. The van der Waals surface area contributed by atoms with Crippen molar-refractivity contribution >= 4 is 17.5 Å². The van der Waals surface area contributed by atoms with Gasteiger partial charge in [0.05, 0.1) is 11.6 Å². The van der Waals surface area contributed by atoms with E-state index in [0.717, 1.165) is 11.4 Å². The lowest BCUT2D eigenvalue weighted by Crippen LogP contribution is -2.33. The Balaban J connectivity index is 1.87. The highest BCUT2D eigenvalue weighted by molar-refractivity contribution is 6.01. The zero-order valence-electron chi connectivity index (χ0n) is 13.5. The van der Waals surface area contributed by atoms with Crippen molar-refractivity contribution in [3.05, 3.63) is 28.7 Å². The van der Waals surface area contributed by atoms with Gasteiger partial charge in [-0.1, -0.05) is 0 Å². The number of carboxylic acid groups (broad SMARTS) is 1. The third-order valence-electron chi connectivity index (χ3n) is 4.41. The molecule has 2 aromatic rings. The van der Waals surface area contributed by atoms with Gasteiger partial charge in [-0.25, -0.2) is 9.50 Å². The lowest BCUT2D eigenvalue weighted by Gasteiger charge is -2.12. The first-order chi connectivity index (χ1) is 10.9. The van der Waals surface area contributed by atoms with Crippen LogP contribution in [0.2, 0.25) is 0 Å². The molecule has 7 nitrogen and oxygen atoms in total. The van der Waals surface area contributed by atoms with Crippen LogP contribution in [0.4, 0.5) is 0 Å². The largest absolute Gasteiger partial charge is 0.481 e. The second-order valence-electron chi connectivity index (χ2n) is 6.25. The number of nitrogens with zero attached hydrogens (tertiary/aromatic N) is 3. The van der Waals surface area contributed by atoms with Crippen LogP contribution >= 0.6 is 0 Å². The number of aromatic nitrogens is 3. The first-order valence-corrected chi connectivity index (χ1v) is 7.74. The average molecular weight is 316 g/mol. The Labute approximate surface area is 133 Å². The van der Waals surface area contributed by atoms with Crippen LogP contribution < -0.4 is 5.32 Å². The summed E-state index contributed by atoms with van der Waals surface area (Å²) in [5.74, 6) is -1.39. The van der Waals surface area contributed by atoms with Gasteiger partial charge >= 0.3 is 5.97 Å². The molecule has 1 fully saturated rings. The molecule has 23 heavy (non-hydrogen) atoms. The maximum absolute atomic E-state index is 12.6. The lowest BCUT2D eigenvalue weighted by atomic mass is 10.1. The van der Waals surface area contributed by atoms with E-state index in [1.165, 1.54) is 0 Å². The minimum absolute atomic E-state index is 0.108. The Bertz CT molecular complexity index is 796. The van der Waals surface area contributed by atoms with Gasteiger partial charge in [0.15, 0.2) is 5.65 Å². The Hall–Kier alpha value is -2.44. The predicted octanol–water partition coefficient (Wildman–Crippen LogP) is 1.64. The van der Waals surface area contributed by atoms with Gasteiger partial charge in [0.25, 0.3) is 5.91 Å². The summed E-state index contributed by atoms with van der Waals surface area (Å²) in [6.45, 7) is 5.59. The molecule has 1 amide bonds. The summed E-state index contributed by atoms with van der Waals surface area (Å²) < 4.78 is 1.67. The van der Waals surface area contributed by atoms with Crippen LogP contribution in [-0.4, -0.2) is 37.6 Å². The summed E-state index contributed by atoms with van der Waals surface area (Å²) in [6, 6.07) is 1.80. The molecule has 0 aromatic carbocycles. The van der Waals surface area contributed by atoms with Gasteiger partial charge in [-0.2, -0.15) is 5.10 Å². The van der Waals surface area contributed by atoms with Crippen molar-refractivity contribution in [3.8, 4) is 0 Å². The molecule has 0 aliphatic heterocycles. The molecule has 7 heteroatoms. The quantitative estimate of drug-likeness (QED) is 0.897. The summed E-state index contributed by atoms with van der Waals surface area (Å²) in [5.41, 5.74) is 3.38. The molecular formula is C16H20N4O3. The first kappa shape index (κ1) is 15.5. The van der Waals surface area contributed by atoms with Crippen molar-refractivity contribution < 1.29 is 14.7 Å². The normalized spacial score (nSPS) is 20.8. The standard InChI is InChI=1S/C16H20N4O3/c1-8-6-9(2)20-14(17-8)13(10(3)19-20)15(21)18-12-5-4-11(7-12)16(22)23/h6,11-12H,4-5,7H2,1-3H3,(H,18,21)(H,22,23)/t11-,12+/m1/s1. The van der Waals surface area contributed by atoms with Crippen molar-refractivity contribution in [1.82, 2.24) is 19.9 Å². The average Bonchev–Trinajstić information content (AvgIpc) is 3.03. The van der Waals surface area contributed by atoms with Crippen molar-refractivity contribution in [3.63, 3.8) is 0 Å². The van der Waals surface area contributed by atoms with Gasteiger partial charge in [0, 0.05) is 17.4 Å². The molecular weight excluding hydrogens is 296 g/mol. The Morgan fingerprint density at radius 2 is 2.04 bits per heavy atom. The van der Waals surface area contributed by atoms with Crippen LogP contribution in [0.3, 0.4) is 0 Å². The Kier molecular flexibility index (Phi) is 3.79. The highest BCUT2D eigenvalue weighted by Gasteiger charge is 2.31. The van der Waals surface area contributed by atoms with Crippen molar-refractivity contribution in [2.45, 2.75) is 46.1 Å². The lowest BCUT2D eigenvalue weighted by molar-refractivity contribution is -0.141. The minimum atomic E-state index is -0.790. The smallest absolute Gasteiger partial charge is 0.306 e. The number of hydrogen-bond acceptors (Lipinski definition) is 4. The van der Waals surface area contributed by atoms with Crippen LogP contribution in [0.15, 0.2) is 6.07 Å². The monoisotopic (exact) mass is 316 g/mol. The molecule has 0 radical (unpaired) electrons. The number of aliphatic carboxylic acids is 1. The van der Waals surface area contributed by atoms with Gasteiger partial charge in [-0.05, 0) is 46.1 Å². The number of rotatable bonds is 3.